The molecule has 3 heteroatoms. The van der Waals surface area contributed by atoms with E-state index in [9.17, 15) is 8.78 Å². The van der Waals surface area contributed by atoms with Gasteiger partial charge in [0.25, 0.3) is 0 Å². The van der Waals surface area contributed by atoms with Gasteiger partial charge < -0.3 is 5.32 Å². The standard InChI is InChI=1S/C17H21F2N/c18-15-2-1-3-16(19)14(15)9-20-17-12-5-10-4-11(7-12)8-13(17)6-10/h1-3,10-13,17,20H,4-9H2. The lowest BCUT2D eigenvalue weighted by molar-refractivity contribution is -0.0144. The van der Waals surface area contributed by atoms with Gasteiger partial charge in [0.15, 0.2) is 0 Å². The van der Waals surface area contributed by atoms with Crippen molar-refractivity contribution in [3.05, 3.63) is 35.4 Å². The van der Waals surface area contributed by atoms with Crippen molar-refractivity contribution in [1.29, 1.82) is 0 Å². The largest absolute Gasteiger partial charge is 0.309 e. The van der Waals surface area contributed by atoms with E-state index in [0.29, 0.717) is 12.6 Å². The number of nitrogens with one attached hydrogen (secondary N) is 1. The summed E-state index contributed by atoms with van der Waals surface area (Å²) in [5, 5.41) is 3.48. The summed E-state index contributed by atoms with van der Waals surface area (Å²) in [4.78, 5) is 0. The van der Waals surface area contributed by atoms with Gasteiger partial charge in [-0.2, -0.15) is 0 Å². The summed E-state index contributed by atoms with van der Waals surface area (Å²) in [6, 6.07) is 4.59. The molecule has 0 amide bonds. The van der Waals surface area contributed by atoms with Crippen LogP contribution in [-0.2, 0) is 6.54 Å². The fourth-order valence-electron chi connectivity index (χ4n) is 5.18. The van der Waals surface area contributed by atoms with E-state index in [1.807, 2.05) is 0 Å². The third kappa shape index (κ3) is 2.07. The smallest absolute Gasteiger partial charge is 0.130 e. The van der Waals surface area contributed by atoms with Gasteiger partial charge in [0.1, 0.15) is 11.6 Å². The van der Waals surface area contributed by atoms with E-state index in [1.54, 1.807) is 0 Å². The van der Waals surface area contributed by atoms with Crippen LogP contribution in [0.15, 0.2) is 18.2 Å². The minimum absolute atomic E-state index is 0.196. The number of halogens is 2. The molecule has 1 aromatic carbocycles. The Morgan fingerprint density at radius 2 is 1.45 bits per heavy atom. The van der Waals surface area contributed by atoms with E-state index in [2.05, 4.69) is 5.32 Å². The van der Waals surface area contributed by atoms with E-state index >= 15 is 0 Å². The molecule has 0 radical (unpaired) electrons. The molecular weight excluding hydrogens is 256 g/mol. The Labute approximate surface area is 118 Å². The Bertz CT molecular complexity index is 465. The molecule has 0 heterocycles. The Balaban J connectivity index is 1.47. The van der Waals surface area contributed by atoms with Crippen LogP contribution in [0.25, 0.3) is 0 Å². The Morgan fingerprint density at radius 3 is 2.00 bits per heavy atom. The highest BCUT2D eigenvalue weighted by molar-refractivity contribution is 5.19. The predicted octanol–water partition coefficient (Wildman–Crippen LogP) is 3.88. The van der Waals surface area contributed by atoms with Crippen molar-refractivity contribution in [1.82, 2.24) is 5.32 Å². The average Bonchev–Trinajstić information content (AvgIpc) is 2.40. The van der Waals surface area contributed by atoms with Gasteiger partial charge in [0.05, 0.1) is 0 Å². The zero-order chi connectivity index (χ0) is 13.7. The van der Waals surface area contributed by atoms with Crippen LogP contribution in [0.3, 0.4) is 0 Å². The van der Waals surface area contributed by atoms with Crippen molar-refractivity contribution in [2.75, 3.05) is 0 Å². The summed E-state index contributed by atoms with van der Waals surface area (Å²) in [5.74, 6) is 2.48. The van der Waals surface area contributed by atoms with Crippen LogP contribution in [0.4, 0.5) is 8.78 Å². The number of rotatable bonds is 3. The Morgan fingerprint density at radius 1 is 0.900 bits per heavy atom. The monoisotopic (exact) mass is 277 g/mol. The Kier molecular flexibility index (Phi) is 3.06. The maximum atomic E-state index is 13.7. The van der Waals surface area contributed by atoms with Crippen molar-refractivity contribution >= 4 is 0 Å². The maximum Gasteiger partial charge on any atom is 0.130 e. The van der Waals surface area contributed by atoms with Gasteiger partial charge in [0.2, 0.25) is 0 Å². The van der Waals surface area contributed by atoms with Crippen LogP contribution >= 0.6 is 0 Å². The highest BCUT2D eigenvalue weighted by Crippen LogP contribution is 2.53. The Hall–Kier alpha value is -0.960. The quantitative estimate of drug-likeness (QED) is 0.884. The first-order valence-corrected chi connectivity index (χ1v) is 7.87. The lowest BCUT2D eigenvalue weighted by atomic mass is 9.54. The van der Waals surface area contributed by atoms with Crippen molar-refractivity contribution in [2.24, 2.45) is 23.7 Å². The maximum absolute atomic E-state index is 13.7. The molecule has 5 rings (SSSR count). The molecule has 4 saturated carbocycles. The SMILES string of the molecule is Fc1cccc(F)c1CNC1C2CC3CC(C2)CC1C3. The summed E-state index contributed by atoms with van der Waals surface area (Å²) in [5.41, 5.74) is 0.196. The second kappa shape index (κ2) is 4.80. The van der Waals surface area contributed by atoms with E-state index in [1.165, 1.54) is 50.3 Å². The lowest BCUT2D eigenvalue weighted by Crippen LogP contribution is -2.54. The van der Waals surface area contributed by atoms with Gasteiger partial charge in [0, 0.05) is 18.2 Å². The average molecular weight is 277 g/mol. The van der Waals surface area contributed by atoms with Crippen molar-refractivity contribution in [3.63, 3.8) is 0 Å². The molecule has 0 atom stereocenters. The first-order valence-electron chi connectivity index (χ1n) is 7.87. The number of hydrogen-bond donors (Lipinski definition) is 1. The molecule has 4 bridgehead atoms. The summed E-state index contributed by atoms with van der Waals surface area (Å²) in [6.07, 6.45) is 6.73. The third-order valence-electron chi connectivity index (χ3n) is 5.80. The summed E-state index contributed by atoms with van der Waals surface area (Å²) >= 11 is 0. The number of hydrogen-bond acceptors (Lipinski definition) is 1. The summed E-state index contributed by atoms with van der Waals surface area (Å²) in [7, 11) is 0. The summed E-state index contributed by atoms with van der Waals surface area (Å²) in [6.45, 7) is 0.325. The molecule has 108 valence electrons. The second-order valence-corrected chi connectivity index (χ2v) is 7.04. The molecule has 1 nitrogen and oxygen atoms in total. The molecule has 1 aromatic rings. The fraction of sp³-hybridized carbons (Fsp3) is 0.647. The molecule has 4 aliphatic carbocycles. The van der Waals surface area contributed by atoms with Crippen molar-refractivity contribution in [2.45, 2.75) is 44.7 Å². The van der Waals surface area contributed by atoms with E-state index in [0.717, 1.165) is 23.7 Å². The van der Waals surface area contributed by atoms with Crippen LogP contribution in [0, 0.1) is 35.3 Å². The fourth-order valence-corrected chi connectivity index (χ4v) is 5.18. The van der Waals surface area contributed by atoms with Crippen molar-refractivity contribution in [3.8, 4) is 0 Å². The third-order valence-corrected chi connectivity index (χ3v) is 5.80. The minimum Gasteiger partial charge on any atom is -0.309 e. The molecule has 0 aromatic heterocycles. The molecule has 20 heavy (non-hydrogen) atoms. The molecule has 0 saturated heterocycles. The molecule has 0 unspecified atom stereocenters. The van der Waals surface area contributed by atoms with Crippen LogP contribution in [-0.4, -0.2) is 6.04 Å². The minimum atomic E-state index is -0.429. The van der Waals surface area contributed by atoms with Crippen LogP contribution in [0.1, 0.15) is 37.7 Å². The van der Waals surface area contributed by atoms with E-state index < -0.39 is 11.6 Å². The van der Waals surface area contributed by atoms with Gasteiger partial charge in [-0.05, 0) is 67.9 Å². The molecule has 1 N–H and O–H groups in total. The van der Waals surface area contributed by atoms with Crippen LogP contribution in [0.5, 0.6) is 0 Å². The molecule has 0 aliphatic heterocycles. The van der Waals surface area contributed by atoms with E-state index in [4.69, 9.17) is 0 Å². The molecule has 0 spiro atoms. The molecular formula is C17H21F2N. The van der Waals surface area contributed by atoms with Gasteiger partial charge in [-0.15, -0.1) is 0 Å². The lowest BCUT2D eigenvalue weighted by Gasteiger charge is -2.54. The zero-order valence-corrected chi connectivity index (χ0v) is 11.6. The van der Waals surface area contributed by atoms with Gasteiger partial charge in [-0.25, -0.2) is 8.78 Å². The normalized spacial score (nSPS) is 38.4. The summed E-state index contributed by atoms with van der Waals surface area (Å²) < 4.78 is 27.4. The highest BCUT2D eigenvalue weighted by atomic mass is 19.1. The van der Waals surface area contributed by atoms with E-state index in [-0.39, 0.29) is 5.56 Å². The predicted molar refractivity (Wildman–Crippen MR) is 74.0 cm³/mol. The first-order chi connectivity index (χ1) is 9.70. The molecule has 4 fully saturated rings. The van der Waals surface area contributed by atoms with Gasteiger partial charge in [-0.1, -0.05) is 6.07 Å². The topological polar surface area (TPSA) is 12.0 Å². The van der Waals surface area contributed by atoms with Crippen molar-refractivity contribution < 1.29 is 8.78 Å². The van der Waals surface area contributed by atoms with Gasteiger partial charge >= 0.3 is 0 Å². The number of benzene rings is 1. The highest BCUT2D eigenvalue weighted by Gasteiger charge is 2.47. The van der Waals surface area contributed by atoms with Crippen LogP contribution in [0.2, 0.25) is 0 Å². The van der Waals surface area contributed by atoms with Crippen LogP contribution < -0.4 is 5.32 Å². The second-order valence-electron chi connectivity index (χ2n) is 7.04. The first kappa shape index (κ1) is 12.8. The van der Waals surface area contributed by atoms with Gasteiger partial charge in [-0.3, -0.25) is 0 Å². The molecule has 4 aliphatic rings. The zero-order valence-electron chi connectivity index (χ0n) is 11.6.